The van der Waals surface area contributed by atoms with E-state index >= 15 is 0 Å². The molecule has 0 spiro atoms. The molecule has 0 aliphatic carbocycles. The number of amides is 2. The molecular weight excluding hydrogens is 352 g/mol. The molecule has 5 heteroatoms. The van der Waals surface area contributed by atoms with Gasteiger partial charge in [-0.15, -0.1) is 0 Å². The van der Waals surface area contributed by atoms with Gasteiger partial charge in [0.1, 0.15) is 5.75 Å². The number of hydrogen-bond acceptors (Lipinski definition) is 3. The third-order valence-corrected chi connectivity index (χ3v) is 4.54. The van der Waals surface area contributed by atoms with Crippen LogP contribution < -0.4 is 15.6 Å². The maximum Gasteiger partial charge on any atom is 0.279 e. The van der Waals surface area contributed by atoms with Crippen LogP contribution in [0, 0.1) is 0 Å². The van der Waals surface area contributed by atoms with Gasteiger partial charge in [-0.05, 0) is 53.6 Å². The number of hydrogen-bond donors (Lipinski definition) is 2. The number of benzene rings is 2. The normalized spacial score (nSPS) is 12.4. The van der Waals surface area contributed by atoms with Gasteiger partial charge in [0.25, 0.3) is 11.8 Å². The van der Waals surface area contributed by atoms with E-state index in [9.17, 15) is 9.59 Å². The van der Waals surface area contributed by atoms with Crippen molar-refractivity contribution in [3.63, 3.8) is 0 Å². The lowest BCUT2D eigenvalue weighted by Crippen LogP contribution is -2.47. The highest BCUT2D eigenvalue weighted by Crippen LogP contribution is 2.22. The Balaban J connectivity index is 1.87. The molecule has 2 aromatic rings. The molecule has 0 saturated heterocycles. The zero-order valence-electron chi connectivity index (χ0n) is 17.5. The summed E-state index contributed by atoms with van der Waals surface area (Å²) in [6.07, 6.45) is -0.742. The van der Waals surface area contributed by atoms with Crippen LogP contribution in [-0.4, -0.2) is 17.9 Å². The summed E-state index contributed by atoms with van der Waals surface area (Å²) in [6.45, 7) is 12.2. The first kappa shape index (κ1) is 21.5. The Kier molecular flexibility index (Phi) is 6.84. The Morgan fingerprint density at radius 3 is 1.93 bits per heavy atom. The lowest BCUT2D eigenvalue weighted by atomic mass is 9.87. The summed E-state index contributed by atoms with van der Waals surface area (Å²) in [6, 6.07) is 15.0. The molecule has 1 atom stereocenters. The summed E-state index contributed by atoms with van der Waals surface area (Å²) in [5, 5.41) is 0. The van der Waals surface area contributed by atoms with Gasteiger partial charge >= 0.3 is 0 Å². The van der Waals surface area contributed by atoms with Crippen molar-refractivity contribution in [3.05, 3.63) is 65.2 Å². The fourth-order valence-electron chi connectivity index (χ4n) is 2.60. The van der Waals surface area contributed by atoms with Crippen molar-refractivity contribution < 1.29 is 14.3 Å². The summed E-state index contributed by atoms with van der Waals surface area (Å²) in [7, 11) is 0. The van der Waals surface area contributed by atoms with Crippen LogP contribution >= 0.6 is 0 Å². The molecule has 5 nitrogen and oxygen atoms in total. The number of carbonyl (C=O) groups is 2. The number of carbonyl (C=O) groups excluding carboxylic acids is 2. The first-order chi connectivity index (χ1) is 13.1. The average Bonchev–Trinajstić information content (AvgIpc) is 2.65. The minimum atomic E-state index is -0.742. The lowest BCUT2D eigenvalue weighted by Gasteiger charge is -2.19. The van der Waals surface area contributed by atoms with Crippen LogP contribution in [0.1, 0.15) is 68.9 Å². The predicted molar refractivity (Wildman–Crippen MR) is 111 cm³/mol. The van der Waals surface area contributed by atoms with E-state index in [4.69, 9.17) is 4.74 Å². The Bertz CT molecular complexity index is 803. The maximum atomic E-state index is 12.2. The monoisotopic (exact) mass is 382 g/mol. The second kappa shape index (κ2) is 8.91. The highest BCUT2D eigenvalue weighted by Gasteiger charge is 2.17. The quantitative estimate of drug-likeness (QED) is 0.756. The largest absolute Gasteiger partial charge is 0.481 e. The summed E-state index contributed by atoms with van der Waals surface area (Å²) < 4.78 is 5.64. The van der Waals surface area contributed by atoms with Gasteiger partial charge in [-0.25, -0.2) is 0 Å². The minimum absolute atomic E-state index is 0.0172. The van der Waals surface area contributed by atoms with Crippen molar-refractivity contribution >= 4 is 11.8 Å². The van der Waals surface area contributed by atoms with Crippen LogP contribution in [0.15, 0.2) is 48.5 Å². The van der Waals surface area contributed by atoms with Gasteiger partial charge in [0.2, 0.25) is 0 Å². The first-order valence-electron chi connectivity index (χ1n) is 9.55. The number of ether oxygens (including phenoxy) is 1. The van der Waals surface area contributed by atoms with Gasteiger partial charge in [-0.3, -0.25) is 20.4 Å². The van der Waals surface area contributed by atoms with Crippen molar-refractivity contribution in [2.75, 3.05) is 0 Å². The summed E-state index contributed by atoms with van der Waals surface area (Å²) in [5.74, 6) is 0.244. The molecule has 0 radical (unpaired) electrons. The molecule has 0 fully saturated rings. The minimum Gasteiger partial charge on any atom is -0.481 e. The van der Waals surface area contributed by atoms with E-state index in [1.165, 1.54) is 5.56 Å². The van der Waals surface area contributed by atoms with Gasteiger partial charge in [-0.2, -0.15) is 0 Å². The van der Waals surface area contributed by atoms with Crippen molar-refractivity contribution in [2.24, 2.45) is 0 Å². The Morgan fingerprint density at radius 2 is 1.43 bits per heavy atom. The highest BCUT2D eigenvalue weighted by atomic mass is 16.5. The van der Waals surface area contributed by atoms with Crippen molar-refractivity contribution in [1.29, 1.82) is 0 Å². The van der Waals surface area contributed by atoms with Gasteiger partial charge in [0.05, 0.1) is 0 Å². The molecule has 28 heavy (non-hydrogen) atoms. The Labute approximate surface area is 167 Å². The van der Waals surface area contributed by atoms with Crippen molar-refractivity contribution in [2.45, 2.75) is 59.0 Å². The van der Waals surface area contributed by atoms with E-state index in [2.05, 4.69) is 45.5 Å². The molecule has 1 unspecified atom stereocenters. The first-order valence-corrected chi connectivity index (χ1v) is 9.55. The van der Waals surface area contributed by atoms with E-state index in [1.54, 1.807) is 19.1 Å². The molecule has 0 aromatic heterocycles. The zero-order chi connectivity index (χ0) is 20.9. The lowest BCUT2D eigenvalue weighted by molar-refractivity contribution is -0.128. The van der Waals surface area contributed by atoms with E-state index in [0.29, 0.717) is 17.2 Å². The van der Waals surface area contributed by atoms with E-state index in [-0.39, 0.29) is 11.3 Å². The Morgan fingerprint density at radius 1 is 0.857 bits per heavy atom. The second-order valence-electron chi connectivity index (χ2n) is 8.25. The van der Waals surface area contributed by atoms with Crippen LogP contribution in [0.25, 0.3) is 0 Å². The molecule has 0 aliphatic rings. The molecule has 0 aliphatic heterocycles. The maximum absolute atomic E-state index is 12.2. The molecular formula is C23H30N2O3. The van der Waals surface area contributed by atoms with Crippen LogP contribution in [0.3, 0.4) is 0 Å². The van der Waals surface area contributed by atoms with E-state index < -0.39 is 12.0 Å². The standard InChI is InChI=1S/C23H30N2O3/c1-15(2)17-9-13-20(14-10-17)28-16(3)21(26)24-25-22(27)18-7-11-19(12-8-18)23(4,5)6/h7-16H,1-6H3,(H,24,26)(H,25,27). The van der Waals surface area contributed by atoms with Crippen molar-refractivity contribution in [1.82, 2.24) is 10.9 Å². The van der Waals surface area contributed by atoms with Gasteiger partial charge in [-0.1, -0.05) is 58.9 Å². The number of hydrazine groups is 1. The SMILES string of the molecule is CC(Oc1ccc(C(C)C)cc1)C(=O)NNC(=O)c1ccc(C(C)(C)C)cc1. The van der Waals surface area contributed by atoms with Gasteiger partial charge < -0.3 is 4.74 Å². The van der Waals surface area contributed by atoms with Gasteiger partial charge in [0.15, 0.2) is 6.10 Å². The van der Waals surface area contributed by atoms with Crippen LogP contribution in [0.5, 0.6) is 5.75 Å². The topological polar surface area (TPSA) is 67.4 Å². The fraction of sp³-hybridized carbons (Fsp3) is 0.391. The molecule has 2 aromatic carbocycles. The molecule has 2 N–H and O–H groups in total. The van der Waals surface area contributed by atoms with Crippen LogP contribution in [0.2, 0.25) is 0 Å². The van der Waals surface area contributed by atoms with Crippen LogP contribution in [-0.2, 0) is 10.2 Å². The molecule has 2 amide bonds. The smallest absolute Gasteiger partial charge is 0.279 e. The Hall–Kier alpha value is -2.82. The summed E-state index contributed by atoms with van der Waals surface area (Å²) in [4.78, 5) is 24.4. The molecule has 0 saturated carbocycles. The second-order valence-corrected chi connectivity index (χ2v) is 8.25. The molecule has 150 valence electrons. The van der Waals surface area contributed by atoms with Gasteiger partial charge in [0, 0.05) is 5.56 Å². The average molecular weight is 383 g/mol. The molecule has 0 heterocycles. The predicted octanol–water partition coefficient (Wildman–Crippen LogP) is 4.34. The van der Waals surface area contributed by atoms with E-state index in [1.807, 2.05) is 36.4 Å². The molecule has 2 rings (SSSR count). The fourth-order valence-corrected chi connectivity index (χ4v) is 2.60. The highest BCUT2D eigenvalue weighted by molar-refractivity contribution is 5.95. The number of rotatable bonds is 5. The third-order valence-electron chi connectivity index (χ3n) is 4.54. The summed E-state index contributed by atoms with van der Waals surface area (Å²) >= 11 is 0. The van der Waals surface area contributed by atoms with Crippen molar-refractivity contribution in [3.8, 4) is 5.75 Å². The zero-order valence-corrected chi connectivity index (χ0v) is 17.5. The van der Waals surface area contributed by atoms with Crippen LogP contribution in [0.4, 0.5) is 0 Å². The summed E-state index contributed by atoms with van der Waals surface area (Å²) in [5.41, 5.74) is 7.68. The van der Waals surface area contributed by atoms with E-state index in [0.717, 1.165) is 5.56 Å². The number of nitrogens with one attached hydrogen (secondary N) is 2. The molecule has 0 bridgehead atoms. The third kappa shape index (κ3) is 5.84.